The molecular weight excluding hydrogens is 404 g/mol. The highest BCUT2D eigenvalue weighted by atomic mass is 16.3. The van der Waals surface area contributed by atoms with Gasteiger partial charge in [-0.15, -0.1) is 0 Å². The van der Waals surface area contributed by atoms with Crippen molar-refractivity contribution in [3.8, 4) is 0 Å². The summed E-state index contributed by atoms with van der Waals surface area (Å²) in [6.07, 6.45) is 1.44. The number of nitrogens with one attached hydrogen (secondary N) is 2. The van der Waals surface area contributed by atoms with Crippen LogP contribution in [0.5, 0.6) is 0 Å². The number of carbonyl (C=O) groups excluding carboxylic acids is 2. The lowest BCUT2D eigenvalue weighted by molar-refractivity contribution is 0.0949. The van der Waals surface area contributed by atoms with Gasteiger partial charge < -0.3 is 20.0 Å². The molecule has 2 amide bonds. The molecule has 1 aliphatic heterocycles. The monoisotopic (exact) mass is 432 g/mol. The van der Waals surface area contributed by atoms with Gasteiger partial charge in [-0.1, -0.05) is 30.3 Å². The minimum atomic E-state index is -0.357. The van der Waals surface area contributed by atoms with Gasteiger partial charge in [-0.25, -0.2) is 0 Å². The van der Waals surface area contributed by atoms with E-state index in [0.717, 1.165) is 38.3 Å². The zero-order valence-electron chi connectivity index (χ0n) is 18.2. The Morgan fingerprint density at radius 3 is 2.47 bits per heavy atom. The maximum Gasteiger partial charge on any atom is 0.291 e. The summed E-state index contributed by atoms with van der Waals surface area (Å²) in [7, 11) is 2.16. The molecule has 3 aromatic rings. The molecule has 2 N–H and O–H groups in total. The minimum absolute atomic E-state index is 0.191. The van der Waals surface area contributed by atoms with E-state index in [-0.39, 0.29) is 17.6 Å². The molecule has 0 spiro atoms. The predicted molar refractivity (Wildman–Crippen MR) is 123 cm³/mol. The standard InChI is InChI=1S/C25H28N4O3/c1-28-10-12-29(13-11-28)18-20-6-2-5-19(15-20)17-26-24(30)21-7-3-8-22(16-21)27-25(31)23-9-4-14-32-23/h2-9,14-16H,10-13,17-18H2,1H3,(H,26,30)(H,27,31). The molecule has 0 radical (unpaired) electrons. The number of benzene rings is 2. The Hall–Kier alpha value is -3.42. The number of furan rings is 1. The minimum Gasteiger partial charge on any atom is -0.459 e. The van der Waals surface area contributed by atoms with Crippen LogP contribution in [0.25, 0.3) is 0 Å². The van der Waals surface area contributed by atoms with Crippen molar-refractivity contribution in [3.05, 3.63) is 89.4 Å². The van der Waals surface area contributed by atoms with E-state index in [4.69, 9.17) is 4.42 Å². The highest BCUT2D eigenvalue weighted by molar-refractivity contribution is 6.03. The number of carbonyl (C=O) groups is 2. The summed E-state index contributed by atoms with van der Waals surface area (Å²) >= 11 is 0. The Labute approximate surface area is 188 Å². The number of likely N-dealkylation sites (N-methyl/N-ethyl adjacent to an activating group) is 1. The first-order chi connectivity index (χ1) is 15.6. The number of hydrogen-bond donors (Lipinski definition) is 2. The van der Waals surface area contributed by atoms with Crippen LogP contribution >= 0.6 is 0 Å². The third-order valence-corrected chi connectivity index (χ3v) is 5.57. The maximum atomic E-state index is 12.7. The van der Waals surface area contributed by atoms with Crippen molar-refractivity contribution in [2.24, 2.45) is 0 Å². The van der Waals surface area contributed by atoms with Crippen LogP contribution in [0.1, 0.15) is 32.0 Å². The van der Waals surface area contributed by atoms with Crippen LogP contribution in [0, 0.1) is 0 Å². The Balaban J connectivity index is 1.32. The van der Waals surface area contributed by atoms with Crippen molar-refractivity contribution in [2.75, 3.05) is 38.5 Å². The first-order valence-corrected chi connectivity index (χ1v) is 10.8. The molecule has 7 heteroatoms. The number of piperazine rings is 1. The van der Waals surface area contributed by atoms with Gasteiger partial charge in [0.15, 0.2) is 5.76 Å². The molecule has 32 heavy (non-hydrogen) atoms. The topological polar surface area (TPSA) is 77.8 Å². The summed E-state index contributed by atoms with van der Waals surface area (Å²) in [4.78, 5) is 29.6. The number of hydrogen-bond acceptors (Lipinski definition) is 5. The van der Waals surface area contributed by atoms with Crippen LogP contribution in [-0.4, -0.2) is 54.8 Å². The number of rotatable bonds is 7. The summed E-state index contributed by atoms with van der Waals surface area (Å²) in [5, 5.41) is 5.71. The first kappa shape index (κ1) is 21.8. The van der Waals surface area contributed by atoms with E-state index in [2.05, 4.69) is 39.6 Å². The lowest BCUT2D eigenvalue weighted by atomic mass is 10.1. The van der Waals surface area contributed by atoms with Crippen LogP contribution in [0.3, 0.4) is 0 Å². The van der Waals surface area contributed by atoms with Crippen molar-refractivity contribution < 1.29 is 14.0 Å². The van der Waals surface area contributed by atoms with Crippen LogP contribution < -0.4 is 10.6 Å². The highest BCUT2D eigenvalue weighted by Crippen LogP contribution is 2.14. The van der Waals surface area contributed by atoms with Crippen LogP contribution in [0.15, 0.2) is 71.3 Å². The largest absolute Gasteiger partial charge is 0.459 e. The number of nitrogens with zero attached hydrogens (tertiary/aromatic N) is 2. The molecule has 2 aromatic carbocycles. The Morgan fingerprint density at radius 2 is 1.69 bits per heavy atom. The van der Waals surface area contributed by atoms with Crippen molar-refractivity contribution in [2.45, 2.75) is 13.1 Å². The summed E-state index contributed by atoms with van der Waals surface area (Å²) in [6.45, 7) is 5.70. The zero-order valence-corrected chi connectivity index (χ0v) is 18.2. The van der Waals surface area contributed by atoms with E-state index >= 15 is 0 Å². The Bertz CT molecular complexity index is 1060. The molecule has 1 fully saturated rings. The van der Waals surface area contributed by atoms with Crippen molar-refractivity contribution in [1.82, 2.24) is 15.1 Å². The second kappa shape index (κ2) is 10.3. The molecule has 2 heterocycles. The SMILES string of the molecule is CN1CCN(Cc2cccc(CNC(=O)c3cccc(NC(=O)c4ccco4)c3)c2)CC1. The number of anilines is 1. The average Bonchev–Trinajstić information content (AvgIpc) is 3.35. The lowest BCUT2D eigenvalue weighted by Crippen LogP contribution is -2.43. The van der Waals surface area contributed by atoms with Gasteiger partial charge in [-0.2, -0.15) is 0 Å². The molecule has 1 aliphatic rings. The highest BCUT2D eigenvalue weighted by Gasteiger charge is 2.14. The van der Waals surface area contributed by atoms with Gasteiger partial charge in [0.05, 0.1) is 6.26 Å². The van der Waals surface area contributed by atoms with Crippen LogP contribution in [0.4, 0.5) is 5.69 Å². The smallest absolute Gasteiger partial charge is 0.291 e. The average molecular weight is 433 g/mol. The zero-order chi connectivity index (χ0) is 22.3. The second-order valence-corrected chi connectivity index (χ2v) is 8.09. The van der Waals surface area contributed by atoms with Gasteiger partial charge in [0.25, 0.3) is 11.8 Å². The van der Waals surface area contributed by atoms with Crippen molar-refractivity contribution in [1.29, 1.82) is 0 Å². The van der Waals surface area contributed by atoms with E-state index in [9.17, 15) is 9.59 Å². The molecule has 0 aliphatic carbocycles. The van der Waals surface area contributed by atoms with Crippen molar-refractivity contribution >= 4 is 17.5 Å². The predicted octanol–water partition coefficient (Wildman–Crippen LogP) is 3.21. The van der Waals surface area contributed by atoms with E-state index < -0.39 is 0 Å². The normalized spacial score (nSPS) is 14.8. The molecular formula is C25H28N4O3. The third-order valence-electron chi connectivity index (χ3n) is 5.57. The Morgan fingerprint density at radius 1 is 0.906 bits per heavy atom. The molecule has 7 nitrogen and oxygen atoms in total. The lowest BCUT2D eigenvalue weighted by Gasteiger charge is -2.32. The third kappa shape index (κ3) is 5.84. The van der Waals surface area contributed by atoms with Gasteiger partial charge >= 0.3 is 0 Å². The molecule has 1 saturated heterocycles. The van der Waals surface area contributed by atoms with Crippen LogP contribution in [-0.2, 0) is 13.1 Å². The molecule has 166 valence electrons. The molecule has 0 unspecified atom stereocenters. The van der Waals surface area contributed by atoms with Gasteiger partial charge in [0, 0.05) is 50.5 Å². The second-order valence-electron chi connectivity index (χ2n) is 8.09. The van der Waals surface area contributed by atoms with E-state index in [1.54, 1.807) is 36.4 Å². The first-order valence-electron chi connectivity index (χ1n) is 10.8. The van der Waals surface area contributed by atoms with E-state index in [1.165, 1.54) is 11.8 Å². The molecule has 0 atom stereocenters. The Kier molecular flexibility index (Phi) is 6.99. The summed E-state index contributed by atoms with van der Waals surface area (Å²) in [5.74, 6) is -0.329. The quantitative estimate of drug-likeness (QED) is 0.600. The van der Waals surface area contributed by atoms with Gasteiger partial charge in [-0.3, -0.25) is 14.5 Å². The molecule has 0 saturated carbocycles. The van der Waals surface area contributed by atoms with Gasteiger partial charge in [0.1, 0.15) is 0 Å². The van der Waals surface area contributed by atoms with Crippen LogP contribution in [0.2, 0.25) is 0 Å². The summed E-state index contributed by atoms with van der Waals surface area (Å²) in [5.41, 5.74) is 3.33. The molecule has 4 rings (SSSR count). The fourth-order valence-corrected chi connectivity index (χ4v) is 3.73. The van der Waals surface area contributed by atoms with Crippen molar-refractivity contribution in [3.63, 3.8) is 0 Å². The van der Waals surface area contributed by atoms with Gasteiger partial charge in [0.2, 0.25) is 0 Å². The van der Waals surface area contributed by atoms with E-state index in [1.807, 2.05) is 12.1 Å². The summed E-state index contributed by atoms with van der Waals surface area (Å²) in [6, 6.07) is 18.4. The fourth-order valence-electron chi connectivity index (χ4n) is 3.73. The number of amides is 2. The van der Waals surface area contributed by atoms with Gasteiger partial charge in [-0.05, 0) is 48.5 Å². The summed E-state index contributed by atoms with van der Waals surface area (Å²) < 4.78 is 5.10. The fraction of sp³-hybridized carbons (Fsp3) is 0.280. The molecule has 1 aromatic heterocycles. The maximum absolute atomic E-state index is 12.7. The van der Waals surface area contributed by atoms with E-state index in [0.29, 0.717) is 17.8 Å². The molecule has 0 bridgehead atoms.